The van der Waals surface area contributed by atoms with Gasteiger partial charge >= 0.3 is 12.4 Å². The molecule has 11 heteroatoms. The Hall–Kier alpha value is -8.02. The molecule has 5 nitrogen and oxygen atoms in total. The Kier molecular flexibility index (Phi) is 9.45. The van der Waals surface area contributed by atoms with Crippen LogP contribution in [0.5, 0.6) is 0 Å². The van der Waals surface area contributed by atoms with Crippen molar-refractivity contribution >= 4 is 27.5 Å². The molecule has 0 N–H and O–H groups in total. The van der Waals surface area contributed by atoms with Crippen molar-refractivity contribution in [2.75, 3.05) is 0 Å². The van der Waals surface area contributed by atoms with Crippen LogP contribution in [0, 0.1) is 17.9 Å². The van der Waals surface area contributed by atoms with Gasteiger partial charge in [0.05, 0.1) is 57.4 Å². The Bertz CT molecular complexity index is 3040. The highest BCUT2D eigenvalue weighted by Crippen LogP contribution is 2.49. The van der Waals surface area contributed by atoms with Crippen molar-refractivity contribution in [1.82, 2.24) is 14.5 Å². The van der Waals surface area contributed by atoms with Gasteiger partial charge in [0.25, 0.3) is 0 Å². The third-order valence-electron chi connectivity index (χ3n) is 10.5. The van der Waals surface area contributed by atoms with Crippen molar-refractivity contribution in [1.29, 1.82) is 5.26 Å². The molecule has 0 unspecified atom stereocenters. The van der Waals surface area contributed by atoms with Crippen molar-refractivity contribution in [3.63, 3.8) is 0 Å². The number of halogens is 6. The van der Waals surface area contributed by atoms with Crippen molar-refractivity contribution in [2.45, 2.75) is 12.4 Å². The molecule has 2 heterocycles. The zero-order valence-electron chi connectivity index (χ0n) is 31.6. The lowest BCUT2D eigenvalue weighted by Crippen LogP contribution is -2.11. The van der Waals surface area contributed by atoms with E-state index in [1.54, 1.807) is 34.9 Å². The van der Waals surface area contributed by atoms with E-state index in [0.29, 0.717) is 44.5 Å². The molecule has 0 spiro atoms. The Morgan fingerprint density at radius 2 is 1.00 bits per heavy atom. The highest BCUT2D eigenvalue weighted by atomic mass is 19.4. The summed E-state index contributed by atoms with van der Waals surface area (Å²) in [5.74, 6) is 0.293. The van der Waals surface area contributed by atoms with E-state index in [4.69, 9.17) is 16.5 Å². The molecule has 9 aromatic rings. The molecule has 61 heavy (non-hydrogen) atoms. The van der Waals surface area contributed by atoms with Crippen LogP contribution < -0.4 is 0 Å². The van der Waals surface area contributed by atoms with Crippen LogP contribution in [0.2, 0.25) is 0 Å². The van der Waals surface area contributed by atoms with Crippen molar-refractivity contribution < 1.29 is 26.3 Å². The van der Waals surface area contributed by atoms with Crippen LogP contribution in [0.25, 0.3) is 88.5 Å². The second-order valence-corrected chi connectivity index (χ2v) is 14.2. The molecule has 0 saturated heterocycles. The quantitative estimate of drug-likeness (QED) is 0.124. The zero-order chi connectivity index (χ0) is 42.5. The van der Waals surface area contributed by atoms with Gasteiger partial charge in [-0.25, -0.2) is 14.8 Å². The fourth-order valence-corrected chi connectivity index (χ4v) is 7.82. The lowest BCUT2D eigenvalue weighted by molar-refractivity contribution is -0.137. The van der Waals surface area contributed by atoms with Gasteiger partial charge < -0.3 is 4.57 Å². The van der Waals surface area contributed by atoms with Gasteiger partial charge in [-0.3, -0.25) is 0 Å². The van der Waals surface area contributed by atoms with E-state index in [0.717, 1.165) is 12.1 Å². The van der Waals surface area contributed by atoms with Crippen LogP contribution in [-0.4, -0.2) is 14.5 Å². The number of benzene rings is 7. The summed E-state index contributed by atoms with van der Waals surface area (Å²) in [7, 11) is 0. The molecule has 7 aromatic carbocycles. The minimum absolute atomic E-state index is 0.0121. The number of fused-ring (bicyclic) bond motifs is 3. The Morgan fingerprint density at radius 1 is 0.508 bits per heavy atom. The Morgan fingerprint density at radius 3 is 1.54 bits per heavy atom. The molecular formula is C50H27F6N5. The van der Waals surface area contributed by atoms with Crippen LogP contribution in [-0.2, 0) is 12.4 Å². The molecule has 294 valence electrons. The van der Waals surface area contributed by atoms with Gasteiger partial charge in [-0.1, -0.05) is 103 Å². The van der Waals surface area contributed by atoms with Crippen LogP contribution in [0.1, 0.15) is 16.7 Å². The number of nitrogens with zero attached hydrogens (tertiary/aromatic N) is 5. The van der Waals surface area contributed by atoms with Crippen LogP contribution in [0.15, 0.2) is 164 Å². The van der Waals surface area contributed by atoms with Crippen LogP contribution in [0.3, 0.4) is 0 Å². The Labute approximate surface area is 344 Å². The fraction of sp³-hybridized carbons (Fsp3) is 0.0400. The predicted octanol–water partition coefficient (Wildman–Crippen LogP) is 14.4. The summed E-state index contributed by atoms with van der Waals surface area (Å²) in [5, 5.41) is 10.8. The maximum Gasteiger partial charge on any atom is 0.417 e. The maximum atomic E-state index is 15.2. The van der Waals surface area contributed by atoms with E-state index in [1.807, 2.05) is 60.7 Å². The van der Waals surface area contributed by atoms with Gasteiger partial charge in [-0.05, 0) is 77.2 Å². The summed E-state index contributed by atoms with van der Waals surface area (Å²) < 4.78 is 92.8. The van der Waals surface area contributed by atoms with E-state index >= 15 is 26.3 Å². The SMILES string of the molecule is [C-]#[N+]c1ccc2c(c1)c1cc(C#N)ccc1n2-c1c(-c2ccccc2C(F)(F)F)cc(-c2cc(-c3ccccc3)nc(-c3ccccc3)n2)cc1-c1ccccc1C(F)(F)F. The van der Waals surface area contributed by atoms with E-state index in [1.165, 1.54) is 60.7 Å². The lowest BCUT2D eigenvalue weighted by atomic mass is 9.88. The third-order valence-corrected chi connectivity index (χ3v) is 10.5. The minimum Gasteiger partial charge on any atom is -0.308 e. The van der Waals surface area contributed by atoms with Crippen molar-refractivity contribution in [3.05, 3.63) is 192 Å². The largest absolute Gasteiger partial charge is 0.417 e. The maximum absolute atomic E-state index is 15.2. The number of aromatic nitrogens is 3. The zero-order valence-corrected chi connectivity index (χ0v) is 31.6. The first-order valence-corrected chi connectivity index (χ1v) is 18.8. The summed E-state index contributed by atoms with van der Waals surface area (Å²) in [5.41, 5.74) is 0.929. The highest BCUT2D eigenvalue weighted by molar-refractivity contribution is 6.12. The smallest absolute Gasteiger partial charge is 0.308 e. The monoisotopic (exact) mass is 811 g/mol. The number of nitriles is 1. The van der Waals surface area contributed by atoms with E-state index < -0.39 is 23.5 Å². The molecule has 0 amide bonds. The number of alkyl halides is 6. The highest BCUT2D eigenvalue weighted by Gasteiger charge is 2.37. The van der Waals surface area contributed by atoms with E-state index in [2.05, 4.69) is 10.9 Å². The first-order chi connectivity index (χ1) is 29.4. The third kappa shape index (κ3) is 7.02. The normalized spacial score (nSPS) is 11.7. The minimum atomic E-state index is -4.88. The lowest BCUT2D eigenvalue weighted by Gasteiger charge is -2.24. The van der Waals surface area contributed by atoms with Gasteiger partial charge in [0, 0.05) is 33.2 Å². The molecule has 9 rings (SSSR count). The number of hydrogen-bond acceptors (Lipinski definition) is 3. The first kappa shape index (κ1) is 38.5. The van der Waals surface area contributed by atoms with Gasteiger partial charge in [-0.15, -0.1) is 0 Å². The molecule has 0 bridgehead atoms. The molecule has 0 aliphatic heterocycles. The number of rotatable bonds is 6. The van der Waals surface area contributed by atoms with Gasteiger partial charge in [-0.2, -0.15) is 31.6 Å². The molecule has 0 aliphatic carbocycles. The topological polar surface area (TPSA) is 58.9 Å². The first-order valence-electron chi connectivity index (χ1n) is 18.8. The average molecular weight is 812 g/mol. The molecule has 2 aromatic heterocycles. The number of hydrogen-bond donors (Lipinski definition) is 0. The van der Waals surface area contributed by atoms with E-state index in [-0.39, 0.29) is 50.4 Å². The molecular weight excluding hydrogens is 785 g/mol. The van der Waals surface area contributed by atoms with E-state index in [9.17, 15) is 5.26 Å². The summed E-state index contributed by atoms with van der Waals surface area (Å²) in [6.45, 7) is 7.72. The summed E-state index contributed by atoms with van der Waals surface area (Å²) >= 11 is 0. The van der Waals surface area contributed by atoms with Crippen LogP contribution >= 0.6 is 0 Å². The standard InChI is InChI=1S/C50H27F6N5/c1-58-34-21-23-46-38(27-34)37-24-30(29-57)20-22-45(37)61(46)47-39(35-16-8-10-18-41(35)49(51,52)53)25-33(26-40(47)36-17-9-11-19-42(36)50(54,55)56)44-28-43(31-12-4-2-5-13-31)59-48(60-44)32-14-6-3-7-15-32/h2-28H. The van der Waals surface area contributed by atoms with Gasteiger partial charge in [0.1, 0.15) is 0 Å². The van der Waals surface area contributed by atoms with Gasteiger partial charge in [0.2, 0.25) is 0 Å². The summed E-state index contributed by atoms with van der Waals surface area (Å²) in [6.07, 6.45) is -9.76. The molecule has 0 atom stereocenters. The molecule has 0 aliphatic rings. The molecule has 0 saturated carbocycles. The van der Waals surface area contributed by atoms with Gasteiger partial charge in [0.15, 0.2) is 11.5 Å². The van der Waals surface area contributed by atoms with Crippen molar-refractivity contribution in [3.8, 4) is 67.9 Å². The predicted molar refractivity (Wildman–Crippen MR) is 225 cm³/mol. The average Bonchev–Trinajstić information content (AvgIpc) is 3.60. The second-order valence-electron chi connectivity index (χ2n) is 14.2. The molecule has 0 radical (unpaired) electrons. The summed E-state index contributed by atoms with van der Waals surface area (Å²) in [4.78, 5) is 13.3. The van der Waals surface area contributed by atoms with Crippen molar-refractivity contribution in [2.24, 2.45) is 0 Å². The van der Waals surface area contributed by atoms with Crippen LogP contribution in [0.4, 0.5) is 32.0 Å². The fourth-order valence-electron chi connectivity index (χ4n) is 7.82. The second kappa shape index (κ2) is 15.0. The Balaban J connectivity index is 1.50. The molecule has 0 fully saturated rings. The summed E-state index contributed by atoms with van der Waals surface area (Å²) in [6, 6.07) is 44.5.